The average Bonchev–Trinajstić information content (AvgIpc) is 2.60. The van der Waals surface area contributed by atoms with Gasteiger partial charge in [0.25, 0.3) is 0 Å². The number of nitrogens with zero attached hydrogens (tertiary/aromatic N) is 4. The number of carboxylic acid groups (broad SMARTS) is 1. The first-order chi connectivity index (χ1) is 13.9. The third-order valence-electron chi connectivity index (χ3n) is 4.55. The van der Waals surface area contributed by atoms with Gasteiger partial charge in [-0.25, -0.2) is 14.5 Å². The van der Waals surface area contributed by atoms with E-state index in [1.165, 1.54) is 9.80 Å². The lowest BCUT2D eigenvalue weighted by atomic mass is 10.2. The first-order valence-corrected chi connectivity index (χ1v) is 10.6. The third-order valence-corrected chi connectivity index (χ3v) is 4.55. The average molecular weight is 445 g/mol. The largest absolute Gasteiger partial charge is 0.543 e. The third kappa shape index (κ3) is 9.30. The summed E-state index contributed by atoms with van der Waals surface area (Å²) in [5.41, 5.74) is -1.34. The number of amides is 2. The molecule has 0 radical (unpaired) electrons. The molecule has 2 amide bonds. The highest BCUT2D eigenvalue weighted by Crippen LogP contribution is 2.16. The van der Waals surface area contributed by atoms with Crippen molar-refractivity contribution in [2.75, 3.05) is 60.4 Å². The van der Waals surface area contributed by atoms with Gasteiger partial charge in [0.1, 0.15) is 17.2 Å². The number of carbonyl (C=O) groups excluding carboxylic acids is 3. The fourth-order valence-electron chi connectivity index (χ4n) is 3.29. The van der Waals surface area contributed by atoms with E-state index in [1.807, 2.05) is 0 Å². The van der Waals surface area contributed by atoms with E-state index in [9.17, 15) is 19.5 Å². The molecule has 0 bridgehead atoms. The van der Waals surface area contributed by atoms with Crippen LogP contribution in [0.1, 0.15) is 41.5 Å². The molecule has 1 aliphatic heterocycles. The SMILES string of the molecule is CC(C)(C)OC(=O)N1CCN(C(=O)OC(C)(C)C)CCN(C(C(=O)[O-])[N+](C)(C)C)CC1. The Balaban J connectivity index is 3.18. The second-order valence-corrected chi connectivity index (χ2v) is 10.8. The molecule has 180 valence electrons. The van der Waals surface area contributed by atoms with Gasteiger partial charge in [-0.1, -0.05) is 0 Å². The number of hydrogen-bond donors (Lipinski definition) is 0. The van der Waals surface area contributed by atoms with E-state index in [1.54, 1.807) is 67.6 Å². The summed E-state index contributed by atoms with van der Waals surface area (Å²) in [7, 11) is 5.30. The summed E-state index contributed by atoms with van der Waals surface area (Å²) in [6, 6.07) is 0. The molecule has 0 aromatic rings. The molecule has 1 heterocycles. The fraction of sp³-hybridized carbons (Fsp3) is 0.857. The maximum absolute atomic E-state index is 12.7. The van der Waals surface area contributed by atoms with Crippen LogP contribution in [0.5, 0.6) is 0 Å². The number of rotatable bonds is 3. The second kappa shape index (κ2) is 10.0. The van der Waals surface area contributed by atoms with Crippen LogP contribution in [0.2, 0.25) is 0 Å². The molecule has 0 spiro atoms. The van der Waals surface area contributed by atoms with Gasteiger partial charge in [-0.05, 0) is 41.5 Å². The molecular formula is C21H40N4O6. The number of hydrogen-bond acceptors (Lipinski definition) is 7. The van der Waals surface area contributed by atoms with Crippen LogP contribution in [0.4, 0.5) is 9.59 Å². The van der Waals surface area contributed by atoms with Gasteiger partial charge in [-0.2, -0.15) is 0 Å². The van der Waals surface area contributed by atoms with E-state index in [0.717, 1.165) is 0 Å². The Hall–Kier alpha value is -2.07. The zero-order valence-electron chi connectivity index (χ0n) is 20.6. The summed E-state index contributed by atoms with van der Waals surface area (Å²) in [5.74, 6) is -1.21. The fourth-order valence-corrected chi connectivity index (χ4v) is 3.29. The van der Waals surface area contributed by atoms with E-state index >= 15 is 0 Å². The van der Waals surface area contributed by atoms with Crippen molar-refractivity contribution in [3.8, 4) is 0 Å². The Morgan fingerprint density at radius 1 is 0.742 bits per heavy atom. The van der Waals surface area contributed by atoms with E-state index in [0.29, 0.717) is 13.1 Å². The maximum Gasteiger partial charge on any atom is 0.410 e. The summed E-state index contributed by atoms with van der Waals surface area (Å²) < 4.78 is 11.1. The smallest absolute Gasteiger partial charge is 0.410 e. The highest BCUT2D eigenvalue weighted by Gasteiger charge is 2.35. The van der Waals surface area contributed by atoms with Crippen molar-refractivity contribution in [1.29, 1.82) is 0 Å². The van der Waals surface area contributed by atoms with E-state index in [2.05, 4.69) is 0 Å². The minimum Gasteiger partial charge on any atom is -0.543 e. The maximum atomic E-state index is 12.7. The van der Waals surface area contributed by atoms with Gasteiger partial charge in [0.05, 0.1) is 21.1 Å². The van der Waals surface area contributed by atoms with Gasteiger partial charge < -0.3 is 33.7 Å². The molecule has 0 aromatic heterocycles. The van der Waals surface area contributed by atoms with Crippen molar-refractivity contribution in [3.05, 3.63) is 0 Å². The number of likely N-dealkylation sites (N-methyl/N-ethyl adjacent to an activating group) is 1. The standard InChI is InChI=1S/C21H40N4O6/c1-20(2,3)30-18(28)23-12-10-22(16(17(26)27)25(7,8)9)11-13-24(15-14-23)19(29)31-21(4,5)6/h16H,10-15H2,1-9H3. The molecule has 10 heteroatoms. The van der Waals surface area contributed by atoms with Gasteiger partial charge in [0.2, 0.25) is 0 Å². The molecule has 1 rings (SSSR count). The van der Waals surface area contributed by atoms with Crippen LogP contribution >= 0.6 is 0 Å². The van der Waals surface area contributed by atoms with E-state index in [-0.39, 0.29) is 30.7 Å². The molecular weight excluding hydrogens is 404 g/mol. The van der Waals surface area contributed by atoms with Gasteiger partial charge in [-0.15, -0.1) is 0 Å². The van der Waals surface area contributed by atoms with Gasteiger partial charge in [0, 0.05) is 39.3 Å². The second-order valence-electron chi connectivity index (χ2n) is 10.8. The number of ether oxygens (including phenoxy) is 2. The van der Waals surface area contributed by atoms with Crippen LogP contribution in [-0.4, -0.2) is 115 Å². The predicted octanol–water partition coefficient (Wildman–Crippen LogP) is 0.558. The Labute approximate surface area is 186 Å². The normalized spacial score (nSPS) is 18.5. The summed E-state index contributed by atoms with van der Waals surface area (Å²) in [5, 5.41) is 12.0. The van der Waals surface area contributed by atoms with Crippen molar-refractivity contribution >= 4 is 18.2 Å². The van der Waals surface area contributed by atoms with Crippen LogP contribution in [0.25, 0.3) is 0 Å². The van der Waals surface area contributed by atoms with Crippen molar-refractivity contribution in [3.63, 3.8) is 0 Å². The lowest BCUT2D eigenvalue weighted by molar-refractivity contribution is -0.901. The zero-order valence-corrected chi connectivity index (χ0v) is 20.6. The first kappa shape index (κ1) is 27.0. The first-order valence-electron chi connectivity index (χ1n) is 10.6. The predicted molar refractivity (Wildman–Crippen MR) is 114 cm³/mol. The van der Waals surface area contributed by atoms with Gasteiger partial charge >= 0.3 is 12.2 Å². The van der Waals surface area contributed by atoms with Crippen LogP contribution in [0.15, 0.2) is 0 Å². The Bertz CT molecular complexity index is 608. The van der Waals surface area contributed by atoms with Crippen molar-refractivity contribution < 1.29 is 33.4 Å². The van der Waals surface area contributed by atoms with Crippen LogP contribution < -0.4 is 5.11 Å². The minimum atomic E-state index is -1.21. The van der Waals surface area contributed by atoms with Gasteiger partial charge in [-0.3, -0.25) is 0 Å². The van der Waals surface area contributed by atoms with Crippen molar-refractivity contribution in [2.45, 2.75) is 58.9 Å². The highest BCUT2D eigenvalue weighted by atomic mass is 16.6. The summed E-state index contributed by atoms with van der Waals surface area (Å²) >= 11 is 0. The summed E-state index contributed by atoms with van der Waals surface area (Å²) in [4.78, 5) is 42.1. The van der Waals surface area contributed by atoms with E-state index < -0.39 is 35.5 Å². The summed E-state index contributed by atoms with van der Waals surface area (Å²) in [6.45, 7) is 12.3. The summed E-state index contributed by atoms with van der Waals surface area (Å²) in [6.07, 6.45) is -1.96. The molecule has 1 unspecified atom stereocenters. The van der Waals surface area contributed by atoms with Gasteiger partial charge in [0.15, 0.2) is 6.17 Å². The van der Waals surface area contributed by atoms with Crippen molar-refractivity contribution in [1.82, 2.24) is 14.7 Å². The minimum absolute atomic E-state index is 0.112. The molecule has 1 saturated heterocycles. The molecule has 0 saturated carbocycles. The molecule has 31 heavy (non-hydrogen) atoms. The molecule has 0 N–H and O–H groups in total. The number of carboxylic acids is 1. The topological polar surface area (TPSA) is 102 Å². The highest BCUT2D eigenvalue weighted by molar-refractivity contribution is 5.70. The lowest BCUT2D eigenvalue weighted by Gasteiger charge is -2.42. The molecule has 0 aliphatic carbocycles. The van der Waals surface area contributed by atoms with Crippen LogP contribution in [-0.2, 0) is 14.3 Å². The number of aliphatic carboxylic acids is 1. The Morgan fingerprint density at radius 3 is 1.32 bits per heavy atom. The Morgan fingerprint density at radius 2 is 1.06 bits per heavy atom. The molecule has 0 aromatic carbocycles. The van der Waals surface area contributed by atoms with E-state index in [4.69, 9.17) is 9.47 Å². The molecule has 1 atom stereocenters. The molecule has 1 aliphatic rings. The quantitative estimate of drug-likeness (QED) is 0.586. The monoisotopic (exact) mass is 444 g/mol. The lowest BCUT2D eigenvalue weighted by Crippen LogP contribution is -2.64. The number of carbonyl (C=O) groups is 3. The van der Waals surface area contributed by atoms with Crippen molar-refractivity contribution in [2.24, 2.45) is 0 Å². The zero-order chi connectivity index (χ0) is 24.2. The van der Waals surface area contributed by atoms with Crippen LogP contribution in [0, 0.1) is 0 Å². The Kier molecular flexibility index (Phi) is 8.73. The van der Waals surface area contributed by atoms with Crippen LogP contribution in [0.3, 0.4) is 0 Å². The number of quaternary nitrogens is 1. The molecule has 1 fully saturated rings. The molecule has 10 nitrogen and oxygen atoms in total.